The van der Waals surface area contributed by atoms with Crippen molar-refractivity contribution in [2.24, 2.45) is 0 Å². The SMILES string of the molecule is Cc1ccc(S(=O)(=O)N2CCCCC2)cc1C(=O)OCc1c(C)noc1C. The van der Waals surface area contributed by atoms with Gasteiger partial charge in [0.2, 0.25) is 10.0 Å². The number of aryl methyl sites for hydroxylation is 3. The minimum atomic E-state index is -3.61. The van der Waals surface area contributed by atoms with E-state index in [1.807, 2.05) is 0 Å². The summed E-state index contributed by atoms with van der Waals surface area (Å²) in [5.41, 5.74) is 2.30. The first-order chi connectivity index (χ1) is 12.8. The van der Waals surface area contributed by atoms with E-state index in [1.165, 1.54) is 10.4 Å². The molecule has 1 saturated heterocycles. The number of sulfonamides is 1. The van der Waals surface area contributed by atoms with E-state index in [9.17, 15) is 13.2 Å². The largest absolute Gasteiger partial charge is 0.457 e. The normalized spacial score (nSPS) is 15.7. The Balaban J connectivity index is 1.81. The van der Waals surface area contributed by atoms with Crippen molar-refractivity contribution >= 4 is 16.0 Å². The second-order valence-electron chi connectivity index (χ2n) is 6.82. The molecule has 146 valence electrons. The highest BCUT2D eigenvalue weighted by Crippen LogP contribution is 2.24. The van der Waals surface area contributed by atoms with Crippen molar-refractivity contribution in [2.75, 3.05) is 13.1 Å². The summed E-state index contributed by atoms with van der Waals surface area (Å²) >= 11 is 0. The third-order valence-electron chi connectivity index (χ3n) is 4.91. The van der Waals surface area contributed by atoms with Gasteiger partial charge in [0.1, 0.15) is 12.4 Å². The number of rotatable bonds is 5. The summed E-state index contributed by atoms with van der Waals surface area (Å²) in [6.07, 6.45) is 2.76. The summed E-state index contributed by atoms with van der Waals surface area (Å²) in [6.45, 7) is 6.34. The van der Waals surface area contributed by atoms with Crippen molar-refractivity contribution in [3.05, 3.63) is 46.3 Å². The lowest BCUT2D eigenvalue weighted by atomic mass is 10.1. The zero-order chi connectivity index (χ0) is 19.6. The summed E-state index contributed by atoms with van der Waals surface area (Å²) in [6, 6.07) is 4.60. The molecule has 0 saturated carbocycles. The molecule has 3 rings (SSSR count). The monoisotopic (exact) mass is 392 g/mol. The van der Waals surface area contributed by atoms with E-state index >= 15 is 0 Å². The average molecular weight is 392 g/mol. The lowest BCUT2D eigenvalue weighted by molar-refractivity contribution is 0.0469. The lowest BCUT2D eigenvalue weighted by Crippen LogP contribution is -2.35. The fourth-order valence-corrected chi connectivity index (χ4v) is 4.70. The summed E-state index contributed by atoms with van der Waals surface area (Å²) in [4.78, 5) is 12.7. The van der Waals surface area contributed by atoms with Gasteiger partial charge in [0, 0.05) is 13.1 Å². The number of hydrogen-bond donors (Lipinski definition) is 0. The molecule has 0 unspecified atom stereocenters. The third kappa shape index (κ3) is 4.06. The number of aromatic nitrogens is 1. The molecule has 8 heteroatoms. The maximum absolute atomic E-state index is 12.9. The maximum Gasteiger partial charge on any atom is 0.338 e. The smallest absolute Gasteiger partial charge is 0.338 e. The van der Waals surface area contributed by atoms with E-state index in [2.05, 4.69) is 5.16 Å². The van der Waals surface area contributed by atoms with Gasteiger partial charge in [0.25, 0.3) is 0 Å². The fraction of sp³-hybridized carbons (Fsp3) is 0.474. The molecular weight excluding hydrogens is 368 g/mol. The highest BCUT2D eigenvalue weighted by molar-refractivity contribution is 7.89. The molecule has 0 amide bonds. The van der Waals surface area contributed by atoms with Crippen LogP contribution in [0.4, 0.5) is 0 Å². The van der Waals surface area contributed by atoms with Crippen LogP contribution >= 0.6 is 0 Å². The van der Waals surface area contributed by atoms with Crippen LogP contribution in [0.15, 0.2) is 27.6 Å². The number of hydrogen-bond acceptors (Lipinski definition) is 6. The molecule has 27 heavy (non-hydrogen) atoms. The number of benzene rings is 1. The van der Waals surface area contributed by atoms with Crippen LogP contribution < -0.4 is 0 Å². The molecule has 7 nitrogen and oxygen atoms in total. The Labute approximate surface area is 159 Å². The number of carbonyl (C=O) groups is 1. The van der Waals surface area contributed by atoms with Crippen molar-refractivity contribution in [3.63, 3.8) is 0 Å². The predicted molar refractivity (Wildman–Crippen MR) is 98.9 cm³/mol. The lowest BCUT2D eigenvalue weighted by Gasteiger charge is -2.26. The van der Waals surface area contributed by atoms with Crippen LogP contribution in [0.5, 0.6) is 0 Å². The van der Waals surface area contributed by atoms with Crippen LogP contribution in [0, 0.1) is 20.8 Å². The Morgan fingerprint density at radius 2 is 1.89 bits per heavy atom. The number of nitrogens with zero attached hydrogens (tertiary/aromatic N) is 2. The number of piperidine rings is 1. The Morgan fingerprint density at radius 1 is 1.19 bits per heavy atom. The van der Waals surface area contributed by atoms with E-state index in [4.69, 9.17) is 9.26 Å². The number of carbonyl (C=O) groups excluding carboxylic acids is 1. The zero-order valence-electron chi connectivity index (χ0n) is 15.8. The van der Waals surface area contributed by atoms with Crippen LogP contribution in [0.2, 0.25) is 0 Å². The third-order valence-corrected chi connectivity index (χ3v) is 6.81. The molecule has 0 spiro atoms. The van der Waals surface area contributed by atoms with E-state index in [1.54, 1.807) is 32.9 Å². The molecule has 2 heterocycles. The first-order valence-electron chi connectivity index (χ1n) is 9.00. The van der Waals surface area contributed by atoms with Gasteiger partial charge in [-0.25, -0.2) is 13.2 Å². The van der Waals surface area contributed by atoms with Crippen LogP contribution in [0.1, 0.15) is 52.2 Å². The van der Waals surface area contributed by atoms with Crippen LogP contribution in [0.25, 0.3) is 0 Å². The van der Waals surface area contributed by atoms with Gasteiger partial charge in [-0.15, -0.1) is 0 Å². The standard InChI is InChI=1S/C19H24N2O5S/c1-13-7-8-16(27(23,24)21-9-5-4-6-10-21)11-17(13)19(22)25-12-18-14(2)20-26-15(18)3/h7-8,11H,4-6,9-10,12H2,1-3H3. The second-order valence-corrected chi connectivity index (χ2v) is 8.76. The quantitative estimate of drug-likeness (QED) is 0.726. The Kier molecular flexibility index (Phi) is 5.67. The molecule has 0 atom stereocenters. The second kappa shape index (κ2) is 7.82. The van der Waals surface area contributed by atoms with Crippen molar-refractivity contribution in [3.8, 4) is 0 Å². The topological polar surface area (TPSA) is 89.7 Å². The highest BCUT2D eigenvalue weighted by atomic mass is 32.2. The first kappa shape index (κ1) is 19.6. The molecule has 1 fully saturated rings. The van der Waals surface area contributed by atoms with E-state index < -0.39 is 16.0 Å². The minimum Gasteiger partial charge on any atom is -0.457 e. The van der Waals surface area contributed by atoms with Gasteiger partial charge in [-0.2, -0.15) is 4.31 Å². The van der Waals surface area contributed by atoms with E-state index in [-0.39, 0.29) is 17.1 Å². The molecule has 1 aliphatic heterocycles. The van der Waals surface area contributed by atoms with Gasteiger partial charge in [-0.1, -0.05) is 17.6 Å². The number of ether oxygens (including phenoxy) is 1. The molecular formula is C19H24N2O5S. The molecule has 1 aliphatic rings. The molecule has 2 aromatic rings. The summed E-state index contributed by atoms with van der Waals surface area (Å²) in [5, 5.41) is 3.83. The van der Waals surface area contributed by atoms with Crippen molar-refractivity contribution in [2.45, 2.75) is 51.5 Å². The average Bonchev–Trinajstić information content (AvgIpc) is 2.98. The number of esters is 1. The van der Waals surface area contributed by atoms with Gasteiger partial charge < -0.3 is 9.26 Å². The first-order valence-corrected chi connectivity index (χ1v) is 10.4. The van der Waals surface area contributed by atoms with E-state index in [0.717, 1.165) is 24.8 Å². The van der Waals surface area contributed by atoms with Gasteiger partial charge >= 0.3 is 5.97 Å². The van der Waals surface area contributed by atoms with Crippen molar-refractivity contribution in [1.29, 1.82) is 0 Å². The maximum atomic E-state index is 12.9. The molecule has 1 aromatic carbocycles. The van der Waals surface area contributed by atoms with Gasteiger partial charge in [0.05, 0.1) is 21.7 Å². The molecule has 0 bridgehead atoms. The van der Waals surface area contributed by atoms with Crippen molar-refractivity contribution < 1.29 is 22.5 Å². The zero-order valence-corrected chi connectivity index (χ0v) is 16.6. The molecule has 0 aliphatic carbocycles. The summed E-state index contributed by atoms with van der Waals surface area (Å²) < 4.78 is 37.6. The molecule has 0 radical (unpaired) electrons. The highest BCUT2D eigenvalue weighted by Gasteiger charge is 2.27. The van der Waals surface area contributed by atoms with Crippen molar-refractivity contribution in [1.82, 2.24) is 9.46 Å². The Bertz CT molecular complexity index is 924. The molecule has 0 N–H and O–H groups in total. The minimum absolute atomic E-state index is 0.0303. The van der Waals surface area contributed by atoms with Crippen LogP contribution in [-0.4, -0.2) is 36.9 Å². The van der Waals surface area contributed by atoms with Gasteiger partial charge in [-0.3, -0.25) is 0 Å². The van der Waals surface area contributed by atoms with Crippen LogP contribution in [-0.2, 0) is 21.4 Å². The Morgan fingerprint density at radius 3 is 2.52 bits per heavy atom. The van der Waals surface area contributed by atoms with Crippen LogP contribution in [0.3, 0.4) is 0 Å². The molecule has 1 aromatic heterocycles. The predicted octanol–water partition coefficient (Wildman–Crippen LogP) is 3.13. The summed E-state index contributed by atoms with van der Waals surface area (Å²) in [5.74, 6) is 0.0293. The summed E-state index contributed by atoms with van der Waals surface area (Å²) in [7, 11) is -3.61. The van der Waals surface area contributed by atoms with Gasteiger partial charge in [-0.05, 0) is 51.3 Å². The van der Waals surface area contributed by atoms with Gasteiger partial charge in [0.15, 0.2) is 0 Å². The van der Waals surface area contributed by atoms with E-state index in [0.29, 0.717) is 30.1 Å². The Hall–Kier alpha value is -2.19. The fourth-order valence-electron chi connectivity index (χ4n) is 3.16.